The van der Waals surface area contributed by atoms with Crippen molar-refractivity contribution in [1.29, 1.82) is 0 Å². The minimum Gasteiger partial charge on any atom is -0.463 e. The summed E-state index contributed by atoms with van der Waals surface area (Å²) in [6.45, 7) is 2.47. The predicted molar refractivity (Wildman–Crippen MR) is 68.8 cm³/mol. The average Bonchev–Trinajstić information content (AvgIpc) is 2.42. The maximum Gasteiger partial charge on any atom is 0.293 e. The predicted octanol–water partition coefficient (Wildman–Crippen LogP) is 0.0275. The lowest BCUT2D eigenvalue weighted by atomic mass is 10.1. The zero-order chi connectivity index (χ0) is 13.2. The number of nitrogens with one attached hydrogen (secondary N) is 1. The summed E-state index contributed by atoms with van der Waals surface area (Å²) in [5.74, 6) is 0. The van der Waals surface area contributed by atoms with Crippen molar-refractivity contribution in [2.75, 3.05) is 13.1 Å². The summed E-state index contributed by atoms with van der Waals surface area (Å²) < 4.78 is 4.54. The minimum atomic E-state index is -0.281. The molecule has 2 unspecified atom stereocenters. The summed E-state index contributed by atoms with van der Waals surface area (Å²) in [4.78, 5) is 9.76. The third-order valence-corrected chi connectivity index (χ3v) is 2.65. The number of aliphatic hydroxyl groups excluding tert-OH is 1. The third-order valence-electron chi connectivity index (χ3n) is 2.65. The molecule has 1 saturated heterocycles. The Morgan fingerprint density at radius 2 is 2.17 bits per heavy atom. The number of piperidine rings is 1. The molecule has 1 aromatic carbocycles. The van der Waals surface area contributed by atoms with Gasteiger partial charge in [0.05, 0.1) is 6.10 Å². The van der Waals surface area contributed by atoms with E-state index in [1.807, 2.05) is 30.3 Å². The first-order valence-electron chi connectivity index (χ1n) is 5.97. The molecule has 1 fully saturated rings. The van der Waals surface area contributed by atoms with Crippen LogP contribution >= 0.6 is 0 Å². The Bertz CT molecular complexity index is 322. The number of nitrogens with two attached hydrogens (primary N) is 1. The molecule has 0 radical (unpaired) electrons. The van der Waals surface area contributed by atoms with E-state index in [-0.39, 0.29) is 12.1 Å². The van der Waals surface area contributed by atoms with Gasteiger partial charge in [-0.05, 0) is 18.5 Å². The van der Waals surface area contributed by atoms with Crippen molar-refractivity contribution in [3.05, 3.63) is 35.9 Å². The van der Waals surface area contributed by atoms with E-state index < -0.39 is 0 Å². The summed E-state index contributed by atoms with van der Waals surface area (Å²) >= 11 is 0. The molecule has 0 saturated carbocycles. The lowest BCUT2D eigenvalue weighted by Gasteiger charge is -2.24. The van der Waals surface area contributed by atoms with Gasteiger partial charge in [-0.25, -0.2) is 0 Å². The van der Waals surface area contributed by atoms with E-state index in [1.54, 1.807) is 0 Å². The van der Waals surface area contributed by atoms with E-state index in [4.69, 9.17) is 10.8 Å². The minimum absolute atomic E-state index is 0.0521. The standard InChI is InChI=1S/C8H8O2.C5H12N2O/c9-7-10-6-8-4-2-1-3-5-8;6-4-3-7-2-1-5(4)8/h1-5,7H,6H2;4-5,7-8H,1-3,6H2. The molecule has 0 amide bonds. The molecular weight excluding hydrogens is 232 g/mol. The van der Waals surface area contributed by atoms with Gasteiger partial charge in [0, 0.05) is 12.6 Å². The highest BCUT2D eigenvalue weighted by atomic mass is 16.5. The van der Waals surface area contributed by atoms with Gasteiger partial charge in [-0.1, -0.05) is 30.3 Å². The van der Waals surface area contributed by atoms with Crippen molar-refractivity contribution >= 4 is 6.47 Å². The van der Waals surface area contributed by atoms with Crippen LogP contribution in [0.3, 0.4) is 0 Å². The van der Waals surface area contributed by atoms with Crippen LogP contribution in [-0.2, 0) is 16.1 Å². The fourth-order valence-electron chi connectivity index (χ4n) is 1.57. The van der Waals surface area contributed by atoms with Gasteiger partial charge < -0.3 is 20.9 Å². The van der Waals surface area contributed by atoms with Crippen molar-refractivity contribution in [1.82, 2.24) is 5.32 Å². The summed E-state index contributed by atoms with van der Waals surface area (Å²) in [7, 11) is 0. The maximum absolute atomic E-state index is 9.76. The second-order valence-electron chi connectivity index (χ2n) is 4.12. The zero-order valence-corrected chi connectivity index (χ0v) is 10.3. The van der Waals surface area contributed by atoms with Crippen LogP contribution in [-0.4, -0.2) is 36.8 Å². The molecule has 0 bridgehead atoms. The molecule has 1 heterocycles. The first kappa shape index (κ1) is 14.6. The molecule has 2 rings (SSSR count). The van der Waals surface area contributed by atoms with Crippen molar-refractivity contribution in [2.24, 2.45) is 5.73 Å². The summed E-state index contributed by atoms with van der Waals surface area (Å²) in [5, 5.41) is 12.1. The van der Waals surface area contributed by atoms with Crippen molar-refractivity contribution in [3.63, 3.8) is 0 Å². The van der Waals surface area contributed by atoms with Crippen molar-refractivity contribution < 1.29 is 14.6 Å². The monoisotopic (exact) mass is 252 g/mol. The van der Waals surface area contributed by atoms with Gasteiger partial charge in [0.25, 0.3) is 6.47 Å². The van der Waals surface area contributed by atoms with Crippen LogP contribution in [0.5, 0.6) is 0 Å². The highest BCUT2D eigenvalue weighted by molar-refractivity contribution is 5.37. The molecule has 0 aromatic heterocycles. The molecule has 5 nitrogen and oxygen atoms in total. The molecule has 1 aliphatic heterocycles. The first-order chi connectivity index (χ1) is 8.74. The van der Waals surface area contributed by atoms with Gasteiger partial charge in [-0.2, -0.15) is 0 Å². The summed E-state index contributed by atoms with van der Waals surface area (Å²) in [5.41, 5.74) is 6.47. The van der Waals surface area contributed by atoms with Crippen LogP contribution in [0.15, 0.2) is 30.3 Å². The number of carbonyl (C=O) groups excluding carboxylic acids is 1. The normalized spacial score (nSPS) is 22.6. The lowest BCUT2D eigenvalue weighted by Crippen LogP contribution is -2.49. The van der Waals surface area contributed by atoms with Crippen LogP contribution in [0.25, 0.3) is 0 Å². The average molecular weight is 252 g/mol. The van der Waals surface area contributed by atoms with Gasteiger partial charge in [0.15, 0.2) is 0 Å². The molecule has 2 atom stereocenters. The van der Waals surface area contributed by atoms with Crippen LogP contribution in [0.1, 0.15) is 12.0 Å². The number of aliphatic hydroxyl groups is 1. The van der Waals surface area contributed by atoms with Gasteiger partial charge in [0.1, 0.15) is 6.61 Å². The molecule has 1 aromatic rings. The fraction of sp³-hybridized carbons (Fsp3) is 0.462. The number of hydrogen-bond acceptors (Lipinski definition) is 5. The van der Waals surface area contributed by atoms with Crippen molar-refractivity contribution in [3.8, 4) is 0 Å². The van der Waals surface area contributed by atoms with Crippen LogP contribution in [0.4, 0.5) is 0 Å². The number of rotatable bonds is 3. The smallest absolute Gasteiger partial charge is 0.293 e. The Hall–Kier alpha value is -1.43. The molecule has 100 valence electrons. The number of benzene rings is 1. The van der Waals surface area contributed by atoms with Crippen LogP contribution < -0.4 is 11.1 Å². The van der Waals surface area contributed by atoms with E-state index in [1.165, 1.54) is 0 Å². The molecular formula is C13H20N2O3. The van der Waals surface area contributed by atoms with Gasteiger partial charge in [-0.15, -0.1) is 0 Å². The molecule has 1 aliphatic rings. The van der Waals surface area contributed by atoms with Crippen LogP contribution in [0.2, 0.25) is 0 Å². The molecule has 0 spiro atoms. The highest BCUT2D eigenvalue weighted by Crippen LogP contribution is 1.99. The van der Waals surface area contributed by atoms with E-state index in [0.717, 1.165) is 25.1 Å². The van der Waals surface area contributed by atoms with Crippen LogP contribution in [0, 0.1) is 0 Å². The Balaban J connectivity index is 0.000000184. The third kappa shape index (κ3) is 5.77. The number of hydrogen-bond donors (Lipinski definition) is 3. The van der Waals surface area contributed by atoms with Gasteiger partial charge >= 0.3 is 0 Å². The quantitative estimate of drug-likeness (QED) is 0.661. The number of ether oxygens (including phenoxy) is 1. The van der Waals surface area contributed by atoms with E-state index >= 15 is 0 Å². The number of carbonyl (C=O) groups is 1. The Morgan fingerprint density at radius 1 is 1.44 bits per heavy atom. The Morgan fingerprint density at radius 3 is 2.67 bits per heavy atom. The van der Waals surface area contributed by atoms with E-state index in [9.17, 15) is 4.79 Å². The first-order valence-corrected chi connectivity index (χ1v) is 5.97. The molecule has 4 N–H and O–H groups in total. The maximum atomic E-state index is 9.76. The Kier molecular flexibility index (Phi) is 7.01. The fourth-order valence-corrected chi connectivity index (χ4v) is 1.57. The second-order valence-corrected chi connectivity index (χ2v) is 4.12. The van der Waals surface area contributed by atoms with E-state index in [2.05, 4.69) is 10.1 Å². The summed E-state index contributed by atoms with van der Waals surface area (Å²) in [6, 6.07) is 9.49. The molecule has 5 heteroatoms. The van der Waals surface area contributed by atoms with Gasteiger partial charge in [0.2, 0.25) is 0 Å². The molecule has 0 aliphatic carbocycles. The van der Waals surface area contributed by atoms with E-state index in [0.29, 0.717) is 13.1 Å². The largest absolute Gasteiger partial charge is 0.463 e. The SMILES string of the molecule is NC1CNCCC1O.O=COCc1ccccc1. The van der Waals surface area contributed by atoms with Gasteiger partial charge in [-0.3, -0.25) is 4.79 Å². The Labute approximate surface area is 107 Å². The summed E-state index contributed by atoms with van der Waals surface area (Å²) in [6.07, 6.45) is 0.512. The lowest BCUT2D eigenvalue weighted by molar-refractivity contribution is -0.129. The van der Waals surface area contributed by atoms with Crippen molar-refractivity contribution in [2.45, 2.75) is 25.2 Å². The highest BCUT2D eigenvalue weighted by Gasteiger charge is 2.17. The topological polar surface area (TPSA) is 84.6 Å². The second kappa shape index (κ2) is 8.63. The molecule has 18 heavy (non-hydrogen) atoms. The zero-order valence-electron chi connectivity index (χ0n) is 10.3.